The molecule has 1 atom stereocenters. The van der Waals surface area contributed by atoms with Gasteiger partial charge < -0.3 is 9.84 Å². The summed E-state index contributed by atoms with van der Waals surface area (Å²) in [7, 11) is 1.62. The van der Waals surface area contributed by atoms with Crippen LogP contribution in [0, 0.1) is 5.92 Å². The third-order valence-corrected chi connectivity index (χ3v) is 4.02. The van der Waals surface area contributed by atoms with Crippen LogP contribution in [-0.2, 0) is 9.53 Å². The van der Waals surface area contributed by atoms with Crippen LogP contribution in [0.5, 0.6) is 0 Å². The van der Waals surface area contributed by atoms with E-state index in [0.717, 1.165) is 16.7 Å². The van der Waals surface area contributed by atoms with Crippen LogP contribution in [0.25, 0.3) is 5.57 Å². The highest BCUT2D eigenvalue weighted by Gasteiger charge is 2.22. The lowest BCUT2D eigenvalue weighted by molar-refractivity contribution is -0.139. The van der Waals surface area contributed by atoms with E-state index in [4.69, 9.17) is 10.6 Å². The van der Waals surface area contributed by atoms with Crippen LogP contribution in [0.3, 0.4) is 0 Å². The molecular formula is C22H25N3O3. The van der Waals surface area contributed by atoms with Gasteiger partial charge in [0.05, 0.1) is 18.2 Å². The molecule has 0 saturated heterocycles. The number of methoxy groups -OCH3 is 1. The van der Waals surface area contributed by atoms with Crippen molar-refractivity contribution in [3.8, 4) is 0 Å². The van der Waals surface area contributed by atoms with Gasteiger partial charge >= 0.3 is 5.97 Å². The van der Waals surface area contributed by atoms with Crippen molar-refractivity contribution in [3.63, 3.8) is 0 Å². The molecule has 6 heteroatoms. The van der Waals surface area contributed by atoms with Crippen LogP contribution < -0.4 is 5.84 Å². The Morgan fingerprint density at radius 1 is 1.39 bits per heavy atom. The smallest absolute Gasteiger partial charge is 0.310 e. The second-order valence-electron chi connectivity index (χ2n) is 6.14. The fourth-order valence-corrected chi connectivity index (χ4v) is 2.58. The average Bonchev–Trinajstić information content (AvgIpc) is 2.69. The minimum Gasteiger partial charge on any atom is -0.481 e. The van der Waals surface area contributed by atoms with Gasteiger partial charge in [0.2, 0.25) is 0 Å². The summed E-state index contributed by atoms with van der Waals surface area (Å²) >= 11 is 0. The number of hydrogen-bond donors (Lipinski definition) is 2. The summed E-state index contributed by atoms with van der Waals surface area (Å²) in [5.41, 5.74) is 3.24. The van der Waals surface area contributed by atoms with Gasteiger partial charge in [0.15, 0.2) is 0 Å². The number of allylic oxidation sites excluding steroid dienone is 5. The number of nitrogens with zero attached hydrogens (tertiary/aromatic N) is 2. The lowest BCUT2D eigenvalue weighted by Crippen LogP contribution is -2.30. The molecule has 146 valence electrons. The van der Waals surface area contributed by atoms with Gasteiger partial charge in [0, 0.05) is 24.5 Å². The molecule has 2 rings (SSSR count). The van der Waals surface area contributed by atoms with Crippen LogP contribution >= 0.6 is 0 Å². The fraction of sp³-hybridized carbons (Fsp3) is 0.182. The van der Waals surface area contributed by atoms with E-state index in [1.165, 1.54) is 11.1 Å². The molecule has 0 spiro atoms. The van der Waals surface area contributed by atoms with Gasteiger partial charge in [0.25, 0.3) is 0 Å². The van der Waals surface area contributed by atoms with Crippen molar-refractivity contribution in [2.45, 2.75) is 6.92 Å². The first-order valence-electron chi connectivity index (χ1n) is 8.81. The van der Waals surface area contributed by atoms with Crippen molar-refractivity contribution >= 4 is 17.3 Å². The van der Waals surface area contributed by atoms with Crippen LogP contribution in [0.1, 0.15) is 12.5 Å². The third-order valence-electron chi connectivity index (χ3n) is 4.02. The molecule has 0 amide bonds. The Labute approximate surface area is 165 Å². The summed E-state index contributed by atoms with van der Waals surface area (Å²) < 4.78 is 5.09. The van der Waals surface area contributed by atoms with E-state index in [1.54, 1.807) is 26.3 Å². The zero-order valence-corrected chi connectivity index (χ0v) is 16.1. The predicted octanol–water partition coefficient (Wildman–Crippen LogP) is 3.53. The van der Waals surface area contributed by atoms with Gasteiger partial charge in [-0.25, -0.2) is 10.8 Å². The lowest BCUT2D eigenvalue weighted by Gasteiger charge is -2.25. The van der Waals surface area contributed by atoms with Crippen molar-refractivity contribution in [1.29, 1.82) is 0 Å². The first-order valence-corrected chi connectivity index (χ1v) is 8.81. The molecule has 1 aliphatic rings. The molecule has 1 aromatic carbocycles. The Hall–Kier alpha value is -3.22. The highest BCUT2D eigenvalue weighted by atomic mass is 16.5. The van der Waals surface area contributed by atoms with E-state index in [1.807, 2.05) is 48.6 Å². The number of aliphatic carboxylic acids is 1. The second-order valence-corrected chi connectivity index (χ2v) is 6.14. The average molecular weight is 379 g/mol. The molecule has 0 bridgehead atoms. The number of rotatable bonds is 8. The predicted molar refractivity (Wildman–Crippen MR) is 112 cm³/mol. The molecule has 28 heavy (non-hydrogen) atoms. The maximum absolute atomic E-state index is 11.2. The molecule has 0 fully saturated rings. The quantitative estimate of drug-likeness (QED) is 0.533. The zero-order valence-electron chi connectivity index (χ0n) is 16.1. The van der Waals surface area contributed by atoms with E-state index in [2.05, 4.69) is 11.6 Å². The Morgan fingerprint density at radius 3 is 2.71 bits per heavy atom. The zero-order chi connectivity index (χ0) is 20.5. The summed E-state index contributed by atoms with van der Waals surface area (Å²) in [6, 6.07) is 9.74. The Balaban J connectivity index is 2.59. The number of hydrazine groups is 1. The first kappa shape index (κ1) is 21.1. The van der Waals surface area contributed by atoms with Crippen LogP contribution in [0.2, 0.25) is 0 Å². The topological polar surface area (TPSA) is 88.2 Å². The van der Waals surface area contributed by atoms with Crippen molar-refractivity contribution in [1.82, 2.24) is 5.01 Å². The highest BCUT2D eigenvalue weighted by molar-refractivity contribution is 6.33. The maximum atomic E-state index is 11.2. The van der Waals surface area contributed by atoms with Crippen molar-refractivity contribution in [2.75, 3.05) is 13.7 Å². The first-order chi connectivity index (χ1) is 13.5. The second kappa shape index (κ2) is 10.2. The minimum atomic E-state index is -0.947. The number of carboxylic acids is 1. The summed E-state index contributed by atoms with van der Waals surface area (Å²) in [5, 5.41) is 10.6. The van der Waals surface area contributed by atoms with Gasteiger partial charge in [-0.15, -0.1) is 0 Å². The molecule has 0 radical (unpaired) electrons. The molecule has 1 aliphatic heterocycles. The molecule has 1 aromatic rings. The molecule has 1 unspecified atom stereocenters. The van der Waals surface area contributed by atoms with Gasteiger partial charge in [-0.3, -0.25) is 9.80 Å². The number of carboxylic acid groups (broad SMARTS) is 1. The molecule has 0 aromatic heterocycles. The van der Waals surface area contributed by atoms with Crippen molar-refractivity contribution < 1.29 is 14.6 Å². The van der Waals surface area contributed by atoms with E-state index in [0.29, 0.717) is 18.1 Å². The molecule has 0 aliphatic carbocycles. The van der Waals surface area contributed by atoms with Gasteiger partial charge in [-0.05, 0) is 18.6 Å². The van der Waals surface area contributed by atoms with Gasteiger partial charge in [-0.2, -0.15) is 0 Å². The van der Waals surface area contributed by atoms with E-state index in [9.17, 15) is 9.90 Å². The summed E-state index contributed by atoms with van der Waals surface area (Å²) in [6.45, 7) is 5.81. The molecular weight excluding hydrogens is 354 g/mol. The number of benzene rings is 1. The monoisotopic (exact) mass is 379 g/mol. The fourth-order valence-electron chi connectivity index (χ4n) is 2.58. The van der Waals surface area contributed by atoms with E-state index in [-0.39, 0.29) is 0 Å². The van der Waals surface area contributed by atoms with Crippen molar-refractivity contribution in [2.24, 2.45) is 16.8 Å². The van der Waals surface area contributed by atoms with E-state index < -0.39 is 11.9 Å². The van der Waals surface area contributed by atoms with Crippen molar-refractivity contribution in [3.05, 3.63) is 90.4 Å². The summed E-state index contributed by atoms with van der Waals surface area (Å²) in [4.78, 5) is 15.9. The van der Waals surface area contributed by atoms with E-state index >= 15 is 0 Å². The number of carbonyl (C=O) groups is 1. The SMILES string of the molecule is C=C/C=C(\C=C/COC)C1=N/C(=C/C(C)C(=O)O)N(N)C=C1c1ccccc1. The number of hydrogen-bond acceptors (Lipinski definition) is 5. The summed E-state index contributed by atoms with van der Waals surface area (Å²) in [6.07, 6.45) is 10.6. The van der Waals surface area contributed by atoms with Crippen LogP contribution in [-0.4, -0.2) is 35.5 Å². The largest absolute Gasteiger partial charge is 0.481 e. The lowest BCUT2D eigenvalue weighted by atomic mass is 9.94. The normalized spacial score (nSPS) is 17.5. The molecule has 6 nitrogen and oxygen atoms in total. The Morgan fingerprint density at radius 2 is 2.11 bits per heavy atom. The standard InChI is InChI=1S/C22H25N3O3/c1-4-9-18(12-8-13-28-3)21-19(17-10-6-5-7-11-17)15-25(23)20(24-21)14-16(2)22(26)27/h4-12,14-16H,1,13,23H2,2-3H3,(H,26,27)/b12-8-,18-9+,20-14-. The maximum Gasteiger partial charge on any atom is 0.310 e. The number of nitrogens with two attached hydrogens (primary N) is 1. The Bertz CT molecular complexity index is 864. The molecule has 0 saturated carbocycles. The Kier molecular flexibility index (Phi) is 7.68. The van der Waals surface area contributed by atoms with Crippen LogP contribution in [0.4, 0.5) is 0 Å². The number of aliphatic imine (C=N–C) groups is 1. The summed E-state index contributed by atoms with van der Waals surface area (Å²) in [5.74, 6) is 4.81. The minimum absolute atomic E-state index is 0.361. The van der Waals surface area contributed by atoms with Crippen LogP contribution in [0.15, 0.2) is 89.9 Å². The van der Waals surface area contributed by atoms with Gasteiger partial charge in [0.1, 0.15) is 5.82 Å². The number of ether oxygens (including phenoxy) is 1. The molecule has 3 N–H and O–H groups in total. The van der Waals surface area contributed by atoms with Gasteiger partial charge in [-0.1, -0.05) is 61.2 Å². The molecule has 1 heterocycles. The third kappa shape index (κ3) is 5.39. The highest BCUT2D eigenvalue weighted by Crippen LogP contribution is 2.28.